The molecule has 3 saturated heterocycles. The minimum Gasteiger partial charge on any atom is -0.376 e. The first kappa shape index (κ1) is 21.6. The Morgan fingerprint density at radius 1 is 1.28 bits per heavy atom. The van der Waals surface area contributed by atoms with Gasteiger partial charge in [-0.05, 0) is 49.8 Å². The molecule has 7 nitrogen and oxygen atoms in total. The summed E-state index contributed by atoms with van der Waals surface area (Å²) in [6, 6.07) is 5.52. The summed E-state index contributed by atoms with van der Waals surface area (Å²) in [6.07, 6.45) is 7.59. The number of hydrogen-bond donors (Lipinski definition) is 0. The maximum Gasteiger partial charge on any atom is 0.267 e. The van der Waals surface area contributed by atoms with Crippen LogP contribution < -0.4 is 10.5 Å². The molecule has 0 radical (unpaired) electrons. The van der Waals surface area contributed by atoms with Crippen molar-refractivity contribution in [2.45, 2.75) is 38.7 Å². The van der Waals surface area contributed by atoms with Crippen LogP contribution in [0.15, 0.2) is 34.1 Å². The summed E-state index contributed by atoms with van der Waals surface area (Å²) < 4.78 is 7.74. The number of pyridine rings is 1. The maximum atomic E-state index is 13.5. The summed E-state index contributed by atoms with van der Waals surface area (Å²) in [4.78, 5) is 35.7. The zero-order chi connectivity index (χ0) is 22.2. The number of anilines is 1. The third kappa shape index (κ3) is 4.09. The van der Waals surface area contributed by atoms with Crippen molar-refractivity contribution in [2.24, 2.45) is 5.92 Å². The van der Waals surface area contributed by atoms with E-state index in [1.165, 1.54) is 22.6 Å². The molecule has 2 aromatic heterocycles. The lowest BCUT2D eigenvalue weighted by Gasteiger charge is -2.32. The van der Waals surface area contributed by atoms with E-state index in [2.05, 4.69) is 11.8 Å². The van der Waals surface area contributed by atoms with Gasteiger partial charge in [0.2, 0.25) is 0 Å². The molecule has 0 spiro atoms. The molecule has 168 valence electrons. The quantitative estimate of drug-likeness (QED) is 0.502. The van der Waals surface area contributed by atoms with Crippen LogP contribution in [0.4, 0.5) is 5.82 Å². The number of thiocarbonyl (C=S) groups is 1. The van der Waals surface area contributed by atoms with Crippen LogP contribution in [0.1, 0.15) is 38.2 Å². The Labute approximate surface area is 196 Å². The fraction of sp³-hybridized carbons (Fsp3) is 0.478. The predicted octanol–water partition coefficient (Wildman–Crippen LogP) is 3.31. The highest BCUT2D eigenvalue weighted by Gasteiger charge is 2.35. The second-order valence-corrected chi connectivity index (χ2v) is 10.4. The molecular formula is C23H26N4O3S2. The van der Waals surface area contributed by atoms with Crippen LogP contribution >= 0.6 is 24.0 Å². The average Bonchev–Trinajstić information content (AvgIpc) is 3.39. The van der Waals surface area contributed by atoms with Crippen molar-refractivity contribution < 1.29 is 9.53 Å². The van der Waals surface area contributed by atoms with Crippen LogP contribution in [0.25, 0.3) is 11.7 Å². The van der Waals surface area contributed by atoms with Gasteiger partial charge in [0, 0.05) is 25.9 Å². The fourth-order valence-corrected chi connectivity index (χ4v) is 5.88. The number of rotatable bonds is 4. The third-order valence-corrected chi connectivity index (χ3v) is 7.64. The van der Waals surface area contributed by atoms with Gasteiger partial charge in [-0.25, -0.2) is 4.98 Å². The summed E-state index contributed by atoms with van der Waals surface area (Å²) in [5.74, 6) is 1.01. The lowest BCUT2D eigenvalue weighted by molar-refractivity contribution is -0.123. The van der Waals surface area contributed by atoms with E-state index in [-0.39, 0.29) is 17.6 Å². The highest BCUT2D eigenvalue weighted by Crippen LogP contribution is 2.35. The topological polar surface area (TPSA) is 67.2 Å². The normalized spacial score (nSPS) is 25.5. The molecule has 5 rings (SSSR count). The van der Waals surface area contributed by atoms with Gasteiger partial charge in [0.1, 0.15) is 15.8 Å². The lowest BCUT2D eigenvalue weighted by Crippen LogP contribution is -2.37. The molecule has 3 aliphatic heterocycles. The van der Waals surface area contributed by atoms with Gasteiger partial charge in [0.25, 0.3) is 11.5 Å². The molecule has 2 atom stereocenters. The number of thioether (sulfide) groups is 1. The number of carbonyl (C=O) groups is 1. The van der Waals surface area contributed by atoms with E-state index in [0.29, 0.717) is 38.7 Å². The van der Waals surface area contributed by atoms with Crippen molar-refractivity contribution >= 4 is 51.7 Å². The largest absolute Gasteiger partial charge is 0.376 e. The number of ether oxygens (including phenoxy) is 1. The smallest absolute Gasteiger partial charge is 0.267 e. The molecule has 32 heavy (non-hydrogen) atoms. The molecule has 0 unspecified atom stereocenters. The lowest BCUT2D eigenvalue weighted by atomic mass is 10.00. The van der Waals surface area contributed by atoms with E-state index < -0.39 is 0 Å². The zero-order valence-corrected chi connectivity index (χ0v) is 19.7. The van der Waals surface area contributed by atoms with Crippen molar-refractivity contribution in [1.29, 1.82) is 0 Å². The van der Waals surface area contributed by atoms with Crippen LogP contribution in [-0.4, -0.2) is 56.9 Å². The highest BCUT2D eigenvalue weighted by molar-refractivity contribution is 8.26. The van der Waals surface area contributed by atoms with Crippen molar-refractivity contribution in [2.75, 3.05) is 31.1 Å². The Hall–Kier alpha value is -2.23. The van der Waals surface area contributed by atoms with Gasteiger partial charge >= 0.3 is 0 Å². The van der Waals surface area contributed by atoms with E-state index >= 15 is 0 Å². The molecule has 0 bridgehead atoms. The summed E-state index contributed by atoms with van der Waals surface area (Å²) >= 11 is 6.74. The van der Waals surface area contributed by atoms with Crippen molar-refractivity contribution in [3.63, 3.8) is 0 Å². The van der Waals surface area contributed by atoms with E-state index in [0.717, 1.165) is 39.0 Å². The number of amides is 1. The molecule has 0 aliphatic carbocycles. The van der Waals surface area contributed by atoms with Gasteiger partial charge in [0.15, 0.2) is 0 Å². The van der Waals surface area contributed by atoms with Crippen molar-refractivity contribution in [3.05, 3.63) is 45.2 Å². The molecule has 3 aliphatic rings. The van der Waals surface area contributed by atoms with E-state index in [9.17, 15) is 9.59 Å². The minimum absolute atomic E-state index is 0.0233. The van der Waals surface area contributed by atoms with E-state index in [1.807, 2.05) is 18.2 Å². The van der Waals surface area contributed by atoms with Crippen LogP contribution in [0.2, 0.25) is 0 Å². The standard InChI is InChI=1S/C23H26N4O3S2/c1-15-6-4-9-25(13-15)20-17(21(28)26-10-3-2-8-19(26)24-20)12-18-22(29)27(23(31)32-18)14-16-7-5-11-30-16/h2-3,8,10,12,15-16H,4-7,9,11,13-14H2,1H3/b18-12-/t15-,16-/m0/s1. The summed E-state index contributed by atoms with van der Waals surface area (Å²) in [5, 5.41) is 0. The van der Waals surface area contributed by atoms with Crippen LogP contribution in [0.3, 0.4) is 0 Å². The first-order valence-corrected chi connectivity index (χ1v) is 12.4. The van der Waals surface area contributed by atoms with Gasteiger partial charge < -0.3 is 9.64 Å². The number of piperidine rings is 1. The number of fused-ring (bicyclic) bond motifs is 1. The predicted molar refractivity (Wildman–Crippen MR) is 131 cm³/mol. The molecule has 9 heteroatoms. The Balaban J connectivity index is 1.55. The van der Waals surface area contributed by atoms with Crippen molar-refractivity contribution in [1.82, 2.24) is 14.3 Å². The molecule has 0 N–H and O–H groups in total. The van der Waals surface area contributed by atoms with Crippen LogP contribution in [0.5, 0.6) is 0 Å². The van der Waals surface area contributed by atoms with Gasteiger partial charge in [-0.15, -0.1) is 0 Å². The molecule has 3 fully saturated rings. The second-order valence-electron chi connectivity index (χ2n) is 8.70. The molecular weight excluding hydrogens is 444 g/mol. The van der Waals surface area contributed by atoms with Gasteiger partial charge in [-0.1, -0.05) is 37.0 Å². The second kappa shape index (κ2) is 8.96. The third-order valence-electron chi connectivity index (χ3n) is 6.26. The molecule has 2 aromatic rings. The molecule has 5 heterocycles. The Morgan fingerprint density at radius 2 is 2.16 bits per heavy atom. The van der Waals surface area contributed by atoms with Gasteiger partial charge in [-0.2, -0.15) is 0 Å². The molecule has 0 aromatic carbocycles. The van der Waals surface area contributed by atoms with E-state index in [1.54, 1.807) is 17.2 Å². The minimum atomic E-state index is -0.173. The van der Waals surface area contributed by atoms with Gasteiger partial charge in [0.05, 0.1) is 23.1 Å². The summed E-state index contributed by atoms with van der Waals surface area (Å²) in [5.41, 5.74) is 0.877. The number of nitrogens with zero attached hydrogens (tertiary/aromatic N) is 4. The van der Waals surface area contributed by atoms with E-state index in [4.69, 9.17) is 21.9 Å². The van der Waals surface area contributed by atoms with Crippen LogP contribution in [-0.2, 0) is 9.53 Å². The van der Waals surface area contributed by atoms with Gasteiger partial charge in [-0.3, -0.25) is 18.9 Å². The SMILES string of the molecule is C[C@H]1CCCN(c2nc3ccccn3c(=O)c2/C=C2\SC(=S)N(C[C@@H]3CCCO3)C2=O)C1. The molecule has 1 amide bonds. The average molecular weight is 471 g/mol. The van der Waals surface area contributed by atoms with Crippen molar-refractivity contribution in [3.8, 4) is 0 Å². The molecule has 0 saturated carbocycles. The Kier molecular flexibility index (Phi) is 6.05. The number of hydrogen-bond acceptors (Lipinski definition) is 7. The zero-order valence-electron chi connectivity index (χ0n) is 18.0. The first-order valence-electron chi connectivity index (χ1n) is 11.1. The highest BCUT2D eigenvalue weighted by atomic mass is 32.2. The first-order chi connectivity index (χ1) is 15.5. The fourth-order valence-electron chi connectivity index (χ4n) is 4.62. The number of carbonyl (C=O) groups excluding carboxylic acids is 1. The maximum absolute atomic E-state index is 13.5. The Bertz CT molecular complexity index is 1160. The summed E-state index contributed by atoms with van der Waals surface area (Å²) in [7, 11) is 0. The number of aromatic nitrogens is 2. The monoisotopic (exact) mass is 470 g/mol. The van der Waals surface area contributed by atoms with Crippen LogP contribution in [0, 0.1) is 5.92 Å². The Morgan fingerprint density at radius 3 is 2.94 bits per heavy atom. The summed E-state index contributed by atoms with van der Waals surface area (Å²) in [6.45, 7) is 5.10.